The maximum Gasteiger partial charge on any atom is 0.259 e. The third-order valence-corrected chi connectivity index (χ3v) is 16.0. The highest BCUT2D eigenvalue weighted by molar-refractivity contribution is 7.91. The van der Waals surface area contributed by atoms with E-state index in [1.807, 2.05) is 53.9 Å². The molecule has 2 aliphatic heterocycles. The van der Waals surface area contributed by atoms with Gasteiger partial charge in [0.2, 0.25) is 21.8 Å². The molecule has 3 saturated carbocycles. The lowest BCUT2D eigenvalue weighted by Gasteiger charge is -2.35. The lowest BCUT2D eigenvalue weighted by molar-refractivity contribution is -0.141. The molecular formula is C47H54N6O7S2. The summed E-state index contributed by atoms with van der Waals surface area (Å²) in [4.78, 5) is 55.6. The predicted molar refractivity (Wildman–Crippen MR) is 240 cm³/mol. The largest absolute Gasteiger partial charge is 0.496 e. The molecule has 3 N–H and O–H groups in total. The first kappa shape index (κ1) is 42.0. The van der Waals surface area contributed by atoms with E-state index in [-0.39, 0.29) is 36.6 Å². The number of hydrogen-bond donors (Lipinski definition) is 3. The topological polar surface area (TPSA) is 169 Å². The second kappa shape index (κ2) is 16.4. The van der Waals surface area contributed by atoms with Crippen molar-refractivity contribution in [3.63, 3.8) is 0 Å². The van der Waals surface area contributed by atoms with Gasteiger partial charge in [-0.1, -0.05) is 81.7 Å². The van der Waals surface area contributed by atoms with Gasteiger partial charge in [0.25, 0.3) is 5.91 Å². The number of ether oxygens (including phenoxy) is 2. The van der Waals surface area contributed by atoms with Gasteiger partial charge in [-0.25, -0.2) is 18.4 Å². The summed E-state index contributed by atoms with van der Waals surface area (Å²) in [6.07, 6.45) is 11.8. The molecule has 13 nitrogen and oxygen atoms in total. The second-order valence-corrected chi connectivity index (χ2v) is 21.0. The molecule has 2 aromatic carbocycles. The highest BCUT2D eigenvalue weighted by Gasteiger charge is 2.62. The number of hydrogen-bond acceptors (Lipinski definition) is 11. The standard InChI is InChI=1S/C47H54N6O7S2/c1-5-31-25-47(31,44(56)52-62(57,58)33-18-19-33)51-42(54)37-22-32-26-53(37)43(55)41(29-15-10-7-11-16-29)50-45-49-40(27-61-45)46(2,3)20-12-17-30-21-34-36(24-38(30)59-4)48-35(23-39(34)60-32)28-13-8-6-9-14-28/h5-6,8-9,12-14,17,21,23-24,27,29,31-33,37,41H,1,7,10-11,15-16,18-20,22,25-26H2,2-4H3,(H,49,50)(H,51,54)(H,52,56)/b17-12+/t31-,32+,37-,41-,47+/m0/s1. The number of nitrogens with zero attached hydrogens (tertiary/aromatic N) is 3. The molecule has 3 aliphatic carbocycles. The fraction of sp³-hybridized carbons (Fsp3) is 0.468. The zero-order valence-corrected chi connectivity index (χ0v) is 37.0. The molecule has 3 amide bonds. The van der Waals surface area contributed by atoms with Crippen LogP contribution in [-0.4, -0.2) is 83.6 Å². The van der Waals surface area contributed by atoms with Crippen LogP contribution in [0.3, 0.4) is 0 Å². The number of anilines is 1. The monoisotopic (exact) mass is 878 g/mol. The number of fused-ring (bicyclic) bond motifs is 5. The number of carbonyl (C=O) groups excluding carboxylic acids is 3. The summed E-state index contributed by atoms with van der Waals surface area (Å²) >= 11 is 1.46. The molecule has 62 heavy (non-hydrogen) atoms. The normalized spacial score (nSPS) is 26.7. The number of thiazole rings is 1. The molecule has 326 valence electrons. The Balaban J connectivity index is 1.14. The molecule has 6 bridgehead atoms. The summed E-state index contributed by atoms with van der Waals surface area (Å²) < 4.78 is 41.0. The minimum atomic E-state index is -3.89. The average molecular weight is 879 g/mol. The summed E-state index contributed by atoms with van der Waals surface area (Å²) in [5, 5.41) is 9.30. The van der Waals surface area contributed by atoms with Gasteiger partial charge in [-0.2, -0.15) is 0 Å². The van der Waals surface area contributed by atoms with Crippen LogP contribution in [0.15, 0.2) is 72.6 Å². The third kappa shape index (κ3) is 8.21. The molecule has 5 aliphatic rings. The van der Waals surface area contributed by atoms with Crippen molar-refractivity contribution < 1.29 is 32.3 Å². The first-order valence-corrected chi connectivity index (χ1v) is 24.2. The highest BCUT2D eigenvalue weighted by atomic mass is 32.2. The quantitative estimate of drug-likeness (QED) is 0.147. The molecule has 4 fully saturated rings. The lowest BCUT2D eigenvalue weighted by Crippen LogP contribution is -2.58. The third-order valence-electron chi connectivity index (χ3n) is 13.4. The summed E-state index contributed by atoms with van der Waals surface area (Å²) in [5.41, 5.74) is 2.10. The molecule has 5 atom stereocenters. The summed E-state index contributed by atoms with van der Waals surface area (Å²) in [6, 6.07) is 13.9. The van der Waals surface area contributed by atoms with E-state index in [0.717, 1.165) is 54.3 Å². The molecule has 0 spiro atoms. The Morgan fingerprint density at radius 2 is 1.84 bits per heavy atom. The van der Waals surface area contributed by atoms with Crippen LogP contribution in [0.25, 0.3) is 28.2 Å². The van der Waals surface area contributed by atoms with E-state index in [1.165, 1.54) is 11.3 Å². The van der Waals surface area contributed by atoms with Gasteiger partial charge in [0, 0.05) is 51.8 Å². The molecule has 15 heteroatoms. The lowest BCUT2D eigenvalue weighted by atomic mass is 9.83. The Kier molecular flexibility index (Phi) is 11.2. The Morgan fingerprint density at radius 1 is 1.06 bits per heavy atom. The first-order valence-electron chi connectivity index (χ1n) is 21.7. The Bertz CT molecular complexity index is 2550. The van der Waals surface area contributed by atoms with Gasteiger partial charge in [-0.05, 0) is 50.5 Å². The molecule has 2 aromatic heterocycles. The summed E-state index contributed by atoms with van der Waals surface area (Å²) in [6.45, 7) is 8.25. The van der Waals surface area contributed by atoms with Crippen LogP contribution in [0, 0.1) is 11.8 Å². The maximum absolute atomic E-state index is 15.3. The van der Waals surface area contributed by atoms with Crippen molar-refractivity contribution in [3.05, 3.63) is 83.9 Å². The Labute approximate surface area is 366 Å². The number of benzene rings is 2. The van der Waals surface area contributed by atoms with Crippen molar-refractivity contribution in [2.24, 2.45) is 11.8 Å². The predicted octanol–water partition coefficient (Wildman–Crippen LogP) is 7.14. The minimum absolute atomic E-state index is 0.00174. The van der Waals surface area contributed by atoms with E-state index >= 15 is 4.79 Å². The fourth-order valence-electron chi connectivity index (χ4n) is 9.37. The van der Waals surface area contributed by atoms with Crippen LogP contribution < -0.4 is 24.8 Å². The van der Waals surface area contributed by atoms with Crippen LogP contribution in [0.5, 0.6) is 11.5 Å². The zero-order chi connectivity index (χ0) is 43.4. The smallest absolute Gasteiger partial charge is 0.259 e. The second-order valence-electron chi connectivity index (χ2n) is 18.2. The molecule has 0 radical (unpaired) electrons. The number of carbonyl (C=O) groups is 3. The van der Waals surface area contributed by atoms with E-state index in [2.05, 4.69) is 47.9 Å². The fourth-order valence-corrected chi connectivity index (χ4v) is 11.7. The summed E-state index contributed by atoms with van der Waals surface area (Å²) in [5.74, 6) is -0.888. The van der Waals surface area contributed by atoms with Crippen molar-refractivity contribution in [1.82, 2.24) is 24.9 Å². The number of sulfonamides is 1. The Morgan fingerprint density at radius 3 is 2.55 bits per heavy atom. The van der Waals surface area contributed by atoms with Crippen molar-refractivity contribution in [2.45, 2.75) is 112 Å². The van der Waals surface area contributed by atoms with E-state index in [1.54, 1.807) is 18.1 Å². The number of methoxy groups -OCH3 is 1. The van der Waals surface area contributed by atoms with Crippen molar-refractivity contribution >= 4 is 61.2 Å². The van der Waals surface area contributed by atoms with Gasteiger partial charge in [0.05, 0.1) is 35.8 Å². The highest BCUT2D eigenvalue weighted by Crippen LogP contribution is 2.46. The van der Waals surface area contributed by atoms with E-state index in [0.29, 0.717) is 47.1 Å². The van der Waals surface area contributed by atoms with Gasteiger partial charge in [0.1, 0.15) is 35.2 Å². The van der Waals surface area contributed by atoms with Crippen LogP contribution >= 0.6 is 11.3 Å². The zero-order valence-electron chi connectivity index (χ0n) is 35.4. The van der Waals surface area contributed by atoms with Gasteiger partial charge >= 0.3 is 0 Å². The number of allylic oxidation sites excluding steroid dienone is 1. The van der Waals surface area contributed by atoms with Crippen molar-refractivity contribution in [3.8, 4) is 22.8 Å². The number of rotatable bonds is 9. The number of amides is 3. The SMILES string of the molecule is C=C[C@H]1C[C@]1(NC(=O)[C@@H]1C[C@@H]2CN1C(=O)[C@H](C1CCCCC1)Nc1nc(cs1)C(C)(C)C/C=C/c1cc3c(cc(-c4ccccc4)nc3cc1OC)O2)C(=O)NS(=O)(=O)C1CC1. The van der Waals surface area contributed by atoms with E-state index < -0.39 is 56.7 Å². The van der Waals surface area contributed by atoms with Crippen LogP contribution in [0.4, 0.5) is 5.13 Å². The Hall–Kier alpha value is -5.28. The van der Waals surface area contributed by atoms with Gasteiger partial charge < -0.3 is 25.0 Å². The molecule has 4 aromatic rings. The van der Waals surface area contributed by atoms with Gasteiger partial charge in [-0.3, -0.25) is 19.1 Å². The molecule has 0 unspecified atom stereocenters. The number of pyridine rings is 1. The number of aromatic nitrogens is 2. The summed E-state index contributed by atoms with van der Waals surface area (Å²) in [7, 11) is -2.26. The van der Waals surface area contributed by atoms with Crippen LogP contribution in [0.2, 0.25) is 0 Å². The minimum Gasteiger partial charge on any atom is -0.496 e. The van der Waals surface area contributed by atoms with Gasteiger partial charge in [-0.15, -0.1) is 17.9 Å². The van der Waals surface area contributed by atoms with Crippen LogP contribution in [-0.2, 0) is 29.8 Å². The molecule has 9 rings (SSSR count). The van der Waals surface area contributed by atoms with E-state index in [9.17, 15) is 18.0 Å². The van der Waals surface area contributed by atoms with Crippen LogP contribution in [0.1, 0.15) is 89.3 Å². The van der Waals surface area contributed by atoms with Crippen molar-refractivity contribution in [1.29, 1.82) is 0 Å². The van der Waals surface area contributed by atoms with E-state index in [4.69, 9.17) is 19.4 Å². The first-order chi connectivity index (χ1) is 29.8. The van der Waals surface area contributed by atoms with Crippen molar-refractivity contribution in [2.75, 3.05) is 19.0 Å². The number of nitrogens with one attached hydrogen (secondary N) is 3. The average Bonchev–Trinajstić information content (AvgIpc) is 4.16. The molecular weight excluding hydrogens is 825 g/mol. The maximum atomic E-state index is 15.3. The van der Waals surface area contributed by atoms with Gasteiger partial charge in [0.15, 0.2) is 5.13 Å². The molecule has 4 heterocycles. The molecule has 1 saturated heterocycles.